The number of amides is 1. The predicted molar refractivity (Wildman–Crippen MR) is 68.0 cm³/mol. The molecule has 0 aliphatic carbocycles. The number of hydrogen-bond acceptors (Lipinski definition) is 4. The first-order valence-electron chi connectivity index (χ1n) is 6.60. The minimum absolute atomic E-state index is 0.0433. The molecule has 1 amide bonds. The van der Waals surface area contributed by atoms with E-state index in [4.69, 9.17) is 0 Å². The van der Waals surface area contributed by atoms with E-state index in [2.05, 4.69) is 29.1 Å². The summed E-state index contributed by atoms with van der Waals surface area (Å²) in [7, 11) is 2.14. The summed E-state index contributed by atoms with van der Waals surface area (Å²) in [6.45, 7) is 9.79. The van der Waals surface area contributed by atoms with Gasteiger partial charge in [0.15, 0.2) is 0 Å². The van der Waals surface area contributed by atoms with Crippen molar-refractivity contribution in [1.29, 1.82) is 0 Å². The molecule has 1 atom stereocenters. The monoisotopic (exact) mass is 240 g/mol. The van der Waals surface area contributed by atoms with Gasteiger partial charge in [0, 0.05) is 52.4 Å². The Bertz CT molecular complexity index is 257. The lowest BCUT2D eigenvalue weighted by Crippen LogP contribution is -2.56. The Hall–Kier alpha value is -0.650. The Morgan fingerprint density at radius 3 is 2.24 bits per heavy atom. The summed E-state index contributed by atoms with van der Waals surface area (Å²) in [5, 5.41) is 3.28. The summed E-state index contributed by atoms with van der Waals surface area (Å²) >= 11 is 0. The van der Waals surface area contributed by atoms with E-state index in [0.717, 1.165) is 52.4 Å². The Morgan fingerprint density at radius 1 is 1.06 bits per heavy atom. The molecule has 0 aromatic carbocycles. The third-order valence-corrected chi connectivity index (χ3v) is 3.87. The molecule has 2 fully saturated rings. The molecule has 2 aliphatic heterocycles. The molecule has 2 aliphatic rings. The van der Waals surface area contributed by atoms with Crippen molar-refractivity contribution >= 4 is 5.91 Å². The van der Waals surface area contributed by atoms with Gasteiger partial charge in [0.05, 0.1) is 6.04 Å². The Balaban J connectivity index is 1.85. The van der Waals surface area contributed by atoms with Crippen LogP contribution in [0.25, 0.3) is 0 Å². The third-order valence-electron chi connectivity index (χ3n) is 3.87. The van der Waals surface area contributed by atoms with Crippen LogP contribution in [-0.4, -0.2) is 86.1 Å². The fourth-order valence-corrected chi connectivity index (χ4v) is 2.51. The van der Waals surface area contributed by atoms with E-state index in [0.29, 0.717) is 5.91 Å². The maximum atomic E-state index is 12.3. The standard InChI is InChI=1S/C12H24N4O/c1-11(15-9-7-14(2)8-10-15)12(17)16-5-3-13-4-6-16/h11,13H,3-10H2,1-2H3. The molecule has 0 aromatic heterocycles. The zero-order chi connectivity index (χ0) is 12.3. The highest BCUT2D eigenvalue weighted by Gasteiger charge is 2.28. The van der Waals surface area contributed by atoms with Crippen molar-refractivity contribution in [1.82, 2.24) is 20.0 Å². The molecule has 1 N–H and O–H groups in total. The quantitative estimate of drug-likeness (QED) is 0.676. The highest BCUT2D eigenvalue weighted by Crippen LogP contribution is 2.08. The second kappa shape index (κ2) is 5.80. The van der Waals surface area contributed by atoms with Gasteiger partial charge in [0.2, 0.25) is 5.91 Å². The number of nitrogens with zero attached hydrogens (tertiary/aromatic N) is 3. The largest absolute Gasteiger partial charge is 0.339 e. The molecule has 0 bridgehead atoms. The lowest BCUT2D eigenvalue weighted by molar-refractivity contribution is -0.137. The van der Waals surface area contributed by atoms with Gasteiger partial charge in [-0.2, -0.15) is 0 Å². The summed E-state index contributed by atoms with van der Waals surface area (Å²) in [4.78, 5) is 18.9. The summed E-state index contributed by atoms with van der Waals surface area (Å²) in [6.07, 6.45) is 0. The molecular weight excluding hydrogens is 216 g/mol. The summed E-state index contributed by atoms with van der Waals surface area (Å²) in [5.41, 5.74) is 0. The zero-order valence-corrected chi connectivity index (χ0v) is 11.0. The molecule has 2 saturated heterocycles. The molecular formula is C12H24N4O. The van der Waals surface area contributed by atoms with Crippen molar-refractivity contribution in [2.75, 3.05) is 59.4 Å². The van der Waals surface area contributed by atoms with Crippen LogP contribution in [0.2, 0.25) is 0 Å². The predicted octanol–water partition coefficient (Wildman–Crippen LogP) is -0.946. The summed E-state index contributed by atoms with van der Waals surface area (Å²) in [5.74, 6) is 0.302. The average Bonchev–Trinajstić information content (AvgIpc) is 2.39. The highest BCUT2D eigenvalue weighted by atomic mass is 16.2. The van der Waals surface area contributed by atoms with Crippen LogP contribution in [-0.2, 0) is 4.79 Å². The van der Waals surface area contributed by atoms with Crippen molar-refractivity contribution in [3.05, 3.63) is 0 Å². The van der Waals surface area contributed by atoms with Crippen molar-refractivity contribution in [2.24, 2.45) is 0 Å². The first-order valence-corrected chi connectivity index (χ1v) is 6.60. The molecule has 0 spiro atoms. The highest BCUT2D eigenvalue weighted by molar-refractivity contribution is 5.81. The van der Waals surface area contributed by atoms with Crippen LogP contribution in [0.4, 0.5) is 0 Å². The van der Waals surface area contributed by atoms with Crippen LogP contribution in [0.1, 0.15) is 6.92 Å². The van der Waals surface area contributed by atoms with Gasteiger partial charge in [-0.1, -0.05) is 0 Å². The van der Waals surface area contributed by atoms with Gasteiger partial charge in [0.1, 0.15) is 0 Å². The summed E-state index contributed by atoms with van der Waals surface area (Å²) < 4.78 is 0. The van der Waals surface area contributed by atoms with Crippen molar-refractivity contribution in [3.63, 3.8) is 0 Å². The van der Waals surface area contributed by atoms with Gasteiger partial charge in [0.25, 0.3) is 0 Å². The molecule has 2 heterocycles. The Morgan fingerprint density at radius 2 is 1.65 bits per heavy atom. The molecule has 0 radical (unpaired) electrons. The van der Waals surface area contributed by atoms with Crippen LogP contribution in [0.3, 0.4) is 0 Å². The summed E-state index contributed by atoms with van der Waals surface area (Å²) in [6, 6.07) is 0.0433. The van der Waals surface area contributed by atoms with E-state index in [9.17, 15) is 4.79 Å². The van der Waals surface area contributed by atoms with Crippen molar-refractivity contribution in [2.45, 2.75) is 13.0 Å². The first-order chi connectivity index (χ1) is 8.18. The molecule has 0 saturated carbocycles. The number of carbonyl (C=O) groups excluding carboxylic acids is 1. The van der Waals surface area contributed by atoms with Crippen LogP contribution < -0.4 is 5.32 Å². The number of likely N-dealkylation sites (N-methyl/N-ethyl adjacent to an activating group) is 1. The van der Waals surface area contributed by atoms with E-state index in [1.54, 1.807) is 0 Å². The minimum atomic E-state index is 0.0433. The van der Waals surface area contributed by atoms with Gasteiger partial charge < -0.3 is 15.1 Å². The van der Waals surface area contributed by atoms with Crippen LogP contribution in [0.5, 0.6) is 0 Å². The van der Waals surface area contributed by atoms with Crippen molar-refractivity contribution < 1.29 is 4.79 Å². The normalized spacial score (nSPS) is 25.9. The zero-order valence-electron chi connectivity index (χ0n) is 11.0. The van der Waals surface area contributed by atoms with E-state index in [1.807, 2.05) is 4.90 Å². The topological polar surface area (TPSA) is 38.8 Å². The lowest BCUT2D eigenvalue weighted by atomic mass is 10.2. The van der Waals surface area contributed by atoms with Crippen LogP contribution in [0.15, 0.2) is 0 Å². The fraction of sp³-hybridized carbons (Fsp3) is 0.917. The maximum absolute atomic E-state index is 12.3. The Kier molecular flexibility index (Phi) is 4.36. The number of rotatable bonds is 2. The second-order valence-corrected chi connectivity index (χ2v) is 5.09. The molecule has 5 nitrogen and oxygen atoms in total. The van der Waals surface area contributed by atoms with E-state index in [-0.39, 0.29) is 6.04 Å². The fourth-order valence-electron chi connectivity index (χ4n) is 2.51. The Labute approximate surface area is 104 Å². The van der Waals surface area contributed by atoms with Crippen LogP contribution >= 0.6 is 0 Å². The number of nitrogens with one attached hydrogen (secondary N) is 1. The number of carbonyl (C=O) groups is 1. The minimum Gasteiger partial charge on any atom is -0.339 e. The molecule has 17 heavy (non-hydrogen) atoms. The number of piperazine rings is 2. The molecule has 0 aromatic rings. The SMILES string of the molecule is CC(C(=O)N1CCNCC1)N1CCN(C)CC1. The van der Waals surface area contributed by atoms with Gasteiger partial charge in [-0.05, 0) is 14.0 Å². The van der Waals surface area contributed by atoms with Gasteiger partial charge in [-0.15, -0.1) is 0 Å². The van der Waals surface area contributed by atoms with E-state index in [1.165, 1.54) is 0 Å². The van der Waals surface area contributed by atoms with Gasteiger partial charge >= 0.3 is 0 Å². The smallest absolute Gasteiger partial charge is 0.239 e. The van der Waals surface area contributed by atoms with Gasteiger partial charge in [-0.3, -0.25) is 9.69 Å². The average molecular weight is 240 g/mol. The second-order valence-electron chi connectivity index (χ2n) is 5.09. The molecule has 5 heteroatoms. The van der Waals surface area contributed by atoms with Crippen molar-refractivity contribution in [3.8, 4) is 0 Å². The number of hydrogen-bond donors (Lipinski definition) is 1. The maximum Gasteiger partial charge on any atom is 0.239 e. The first kappa shape index (κ1) is 12.8. The van der Waals surface area contributed by atoms with E-state index >= 15 is 0 Å². The molecule has 2 rings (SSSR count). The third kappa shape index (κ3) is 3.18. The van der Waals surface area contributed by atoms with Crippen LogP contribution in [0, 0.1) is 0 Å². The van der Waals surface area contributed by atoms with E-state index < -0.39 is 0 Å². The molecule has 1 unspecified atom stereocenters. The lowest BCUT2D eigenvalue weighted by Gasteiger charge is -2.38. The molecule has 98 valence electrons. The van der Waals surface area contributed by atoms with Gasteiger partial charge in [-0.25, -0.2) is 0 Å².